The van der Waals surface area contributed by atoms with E-state index < -0.39 is 6.04 Å². The van der Waals surface area contributed by atoms with Crippen molar-refractivity contribution in [3.8, 4) is 0 Å². The lowest BCUT2D eigenvalue weighted by molar-refractivity contribution is -0.134. The van der Waals surface area contributed by atoms with Gasteiger partial charge >= 0.3 is 6.03 Å². The minimum Gasteiger partial charge on any atom is -0.341 e. The third-order valence-corrected chi connectivity index (χ3v) is 7.19. The molecule has 0 saturated carbocycles. The molecule has 4 amide bonds. The van der Waals surface area contributed by atoms with Gasteiger partial charge in [0.25, 0.3) is 5.91 Å². The number of hydrogen-bond acceptors (Lipinski definition) is 4. The number of aryl methyl sites for hydroxylation is 1. The molecule has 7 nitrogen and oxygen atoms in total. The van der Waals surface area contributed by atoms with Gasteiger partial charge in [0, 0.05) is 31.9 Å². The summed E-state index contributed by atoms with van der Waals surface area (Å²) in [7, 11) is 0. The molecule has 2 N–H and O–H groups in total. The predicted molar refractivity (Wildman–Crippen MR) is 126 cm³/mol. The van der Waals surface area contributed by atoms with Gasteiger partial charge in [-0.2, -0.15) is 0 Å². The lowest BCUT2D eigenvalue weighted by Gasteiger charge is -2.37. The van der Waals surface area contributed by atoms with Gasteiger partial charge in [0.05, 0.1) is 4.88 Å². The number of thiophene rings is 1. The number of likely N-dealkylation sites (tertiary alicyclic amines) is 2. The van der Waals surface area contributed by atoms with Crippen LogP contribution < -0.4 is 10.6 Å². The summed E-state index contributed by atoms with van der Waals surface area (Å²) in [4.78, 5) is 42.9. The molecule has 2 saturated heterocycles. The number of anilines is 1. The third kappa shape index (κ3) is 5.30. The molecule has 1 aromatic heterocycles. The lowest BCUT2D eigenvalue weighted by Crippen LogP contribution is -2.54. The first kappa shape index (κ1) is 22.3. The number of urea groups is 1. The minimum atomic E-state index is -0.551. The fraction of sp³-hybridized carbons (Fsp3) is 0.458. The number of nitrogens with one attached hydrogen (secondary N) is 2. The van der Waals surface area contributed by atoms with Crippen molar-refractivity contribution in [3.63, 3.8) is 0 Å². The van der Waals surface area contributed by atoms with Crippen LogP contribution in [-0.2, 0) is 4.79 Å². The number of nitrogens with zero attached hydrogens (tertiary/aromatic N) is 2. The number of hydrogen-bond donors (Lipinski definition) is 2. The van der Waals surface area contributed by atoms with Crippen molar-refractivity contribution in [2.45, 2.75) is 38.6 Å². The fourth-order valence-corrected chi connectivity index (χ4v) is 5.04. The number of carbonyl (C=O) groups excluding carboxylic acids is 3. The standard InChI is InChI=1S/C24H30N4O3S/c1-17-6-8-19(9-7-17)25-24(31)28-14-10-18(11-15-28)21(23(30)27-12-2-3-13-27)26-22(29)20-5-4-16-32-20/h4-9,16,18,21H,2-3,10-15H2,1H3,(H,25,31)(H,26,29). The summed E-state index contributed by atoms with van der Waals surface area (Å²) >= 11 is 1.37. The Kier molecular flexibility index (Phi) is 7.09. The predicted octanol–water partition coefficient (Wildman–Crippen LogP) is 3.72. The van der Waals surface area contributed by atoms with Gasteiger partial charge in [-0.15, -0.1) is 11.3 Å². The largest absolute Gasteiger partial charge is 0.341 e. The highest BCUT2D eigenvalue weighted by atomic mass is 32.1. The topological polar surface area (TPSA) is 81.8 Å². The Bertz CT molecular complexity index is 931. The Morgan fingerprint density at radius 2 is 1.66 bits per heavy atom. The lowest BCUT2D eigenvalue weighted by atomic mass is 9.88. The maximum absolute atomic E-state index is 13.3. The first-order valence-corrected chi connectivity index (χ1v) is 12.1. The summed E-state index contributed by atoms with van der Waals surface area (Å²) in [6, 6.07) is 10.6. The van der Waals surface area contributed by atoms with Crippen LogP contribution in [0.5, 0.6) is 0 Å². The maximum atomic E-state index is 13.3. The van der Waals surface area contributed by atoms with Crippen LogP contribution in [-0.4, -0.2) is 59.9 Å². The molecule has 1 atom stereocenters. The van der Waals surface area contributed by atoms with E-state index in [9.17, 15) is 14.4 Å². The maximum Gasteiger partial charge on any atom is 0.321 e. The first-order valence-electron chi connectivity index (χ1n) is 11.3. The van der Waals surface area contributed by atoms with Crippen molar-refractivity contribution in [2.75, 3.05) is 31.5 Å². The van der Waals surface area contributed by atoms with E-state index in [-0.39, 0.29) is 23.8 Å². The van der Waals surface area contributed by atoms with Crippen LogP contribution in [0.15, 0.2) is 41.8 Å². The molecule has 0 aliphatic carbocycles. The molecule has 2 aliphatic heterocycles. The molecule has 0 bridgehead atoms. The number of rotatable bonds is 5. The second kappa shape index (κ2) is 10.2. The van der Waals surface area contributed by atoms with Crippen LogP contribution in [0.25, 0.3) is 0 Å². The van der Waals surface area contributed by atoms with Crippen molar-refractivity contribution in [2.24, 2.45) is 5.92 Å². The molecule has 1 aromatic carbocycles. The average Bonchev–Trinajstić information content (AvgIpc) is 3.53. The third-order valence-electron chi connectivity index (χ3n) is 6.32. The van der Waals surface area contributed by atoms with E-state index in [2.05, 4.69) is 10.6 Å². The van der Waals surface area contributed by atoms with Crippen LogP contribution in [0, 0.1) is 12.8 Å². The van der Waals surface area contributed by atoms with E-state index in [1.807, 2.05) is 47.5 Å². The number of piperidine rings is 1. The van der Waals surface area contributed by atoms with E-state index in [1.165, 1.54) is 11.3 Å². The van der Waals surface area contributed by atoms with E-state index >= 15 is 0 Å². The molecule has 8 heteroatoms. The Balaban J connectivity index is 1.38. The van der Waals surface area contributed by atoms with Crippen LogP contribution in [0.1, 0.15) is 40.9 Å². The Hall–Kier alpha value is -2.87. The van der Waals surface area contributed by atoms with Gasteiger partial charge in [-0.05, 0) is 62.1 Å². The molecular weight excluding hydrogens is 424 g/mol. The smallest absolute Gasteiger partial charge is 0.321 e. The molecule has 0 spiro atoms. The first-order chi connectivity index (χ1) is 15.5. The molecule has 2 fully saturated rings. The van der Waals surface area contributed by atoms with E-state index in [4.69, 9.17) is 0 Å². The second-order valence-corrected chi connectivity index (χ2v) is 9.53. The number of amides is 4. The van der Waals surface area contributed by atoms with Gasteiger partial charge in [-0.25, -0.2) is 4.79 Å². The van der Waals surface area contributed by atoms with Gasteiger partial charge in [0.1, 0.15) is 6.04 Å². The quantitative estimate of drug-likeness (QED) is 0.722. The summed E-state index contributed by atoms with van der Waals surface area (Å²) < 4.78 is 0. The van der Waals surface area contributed by atoms with Crippen molar-refractivity contribution in [1.82, 2.24) is 15.1 Å². The normalized spacial score (nSPS) is 17.8. The van der Waals surface area contributed by atoms with E-state index in [0.29, 0.717) is 30.8 Å². The van der Waals surface area contributed by atoms with E-state index in [1.54, 1.807) is 11.0 Å². The van der Waals surface area contributed by atoms with Gasteiger partial charge in [0.15, 0.2) is 0 Å². The summed E-state index contributed by atoms with van der Waals surface area (Å²) in [5, 5.41) is 7.82. The molecule has 2 aromatic rings. The van der Waals surface area contributed by atoms with E-state index in [0.717, 1.165) is 37.2 Å². The molecule has 4 rings (SSSR count). The summed E-state index contributed by atoms with van der Waals surface area (Å²) in [6.07, 6.45) is 3.37. The monoisotopic (exact) mass is 454 g/mol. The highest BCUT2D eigenvalue weighted by molar-refractivity contribution is 7.12. The summed E-state index contributed by atoms with van der Waals surface area (Å²) in [5.41, 5.74) is 1.91. The Labute approximate surface area is 192 Å². The van der Waals surface area contributed by atoms with Crippen LogP contribution >= 0.6 is 11.3 Å². The van der Waals surface area contributed by atoms with Gasteiger partial charge in [-0.1, -0.05) is 23.8 Å². The van der Waals surface area contributed by atoms with Gasteiger partial charge < -0.3 is 20.4 Å². The van der Waals surface area contributed by atoms with Crippen molar-refractivity contribution in [1.29, 1.82) is 0 Å². The Morgan fingerprint density at radius 1 is 0.969 bits per heavy atom. The SMILES string of the molecule is Cc1ccc(NC(=O)N2CCC(C(NC(=O)c3cccs3)C(=O)N3CCCC3)CC2)cc1. The van der Waals surface area contributed by atoms with Gasteiger partial charge in [0.2, 0.25) is 5.91 Å². The zero-order chi connectivity index (χ0) is 22.5. The molecule has 170 valence electrons. The van der Waals surface area contributed by atoms with Crippen molar-refractivity contribution < 1.29 is 14.4 Å². The van der Waals surface area contributed by atoms with Gasteiger partial charge in [-0.3, -0.25) is 9.59 Å². The number of carbonyl (C=O) groups is 3. The molecule has 0 radical (unpaired) electrons. The average molecular weight is 455 g/mol. The fourth-order valence-electron chi connectivity index (χ4n) is 4.41. The van der Waals surface area contributed by atoms with Crippen LogP contribution in [0.3, 0.4) is 0 Å². The second-order valence-electron chi connectivity index (χ2n) is 8.58. The highest BCUT2D eigenvalue weighted by Crippen LogP contribution is 2.25. The van der Waals surface area contributed by atoms with Crippen molar-refractivity contribution in [3.05, 3.63) is 52.2 Å². The molecule has 32 heavy (non-hydrogen) atoms. The zero-order valence-electron chi connectivity index (χ0n) is 18.4. The van der Waals surface area contributed by atoms with Crippen LogP contribution in [0.4, 0.5) is 10.5 Å². The molecule has 1 unspecified atom stereocenters. The molecule has 2 aliphatic rings. The van der Waals surface area contributed by atoms with Crippen LogP contribution in [0.2, 0.25) is 0 Å². The summed E-state index contributed by atoms with van der Waals surface area (Å²) in [5.74, 6) is -0.178. The zero-order valence-corrected chi connectivity index (χ0v) is 19.2. The highest BCUT2D eigenvalue weighted by Gasteiger charge is 2.37. The van der Waals surface area contributed by atoms with Crippen molar-refractivity contribution >= 4 is 34.9 Å². The molecular formula is C24H30N4O3S. The summed E-state index contributed by atoms with van der Waals surface area (Å²) in [6.45, 7) is 4.62. The number of benzene rings is 1. The Morgan fingerprint density at radius 3 is 2.28 bits per heavy atom. The molecule has 3 heterocycles. The minimum absolute atomic E-state index is 0.00923.